The quantitative estimate of drug-likeness (QED) is 0.795. The molecule has 1 aromatic heterocycles. The van der Waals surface area contributed by atoms with Gasteiger partial charge >= 0.3 is 0 Å². The van der Waals surface area contributed by atoms with Gasteiger partial charge in [0.05, 0.1) is 18.0 Å². The molecule has 1 N–H and O–H groups in total. The van der Waals surface area contributed by atoms with Gasteiger partial charge in [-0.3, -0.25) is 4.98 Å². The Bertz CT molecular complexity index is 316. The van der Waals surface area contributed by atoms with Crippen molar-refractivity contribution in [3.8, 4) is 0 Å². The second-order valence-electron chi connectivity index (χ2n) is 4.36. The molecule has 4 heteroatoms. The number of pyridine rings is 1. The first-order chi connectivity index (χ1) is 8.13. The van der Waals surface area contributed by atoms with E-state index < -0.39 is 6.10 Å². The van der Waals surface area contributed by atoms with E-state index in [9.17, 15) is 9.50 Å². The van der Waals surface area contributed by atoms with Crippen LogP contribution < -0.4 is 0 Å². The van der Waals surface area contributed by atoms with Gasteiger partial charge in [0, 0.05) is 6.54 Å². The van der Waals surface area contributed by atoms with E-state index in [0.717, 1.165) is 19.3 Å². The van der Waals surface area contributed by atoms with Crippen LogP contribution in [0, 0.1) is 5.82 Å². The van der Waals surface area contributed by atoms with E-state index in [4.69, 9.17) is 0 Å². The molecule has 1 heterocycles. The lowest BCUT2D eigenvalue weighted by atomic mass is 10.1. The van der Waals surface area contributed by atoms with E-state index in [1.807, 2.05) is 7.05 Å². The van der Waals surface area contributed by atoms with Crippen LogP contribution in [0.4, 0.5) is 4.39 Å². The summed E-state index contributed by atoms with van der Waals surface area (Å²) < 4.78 is 12.7. The van der Waals surface area contributed by atoms with Crippen LogP contribution in [-0.2, 0) is 0 Å². The molecule has 0 amide bonds. The number of aliphatic hydroxyl groups excluding tert-OH is 1. The molecule has 0 aliphatic rings. The van der Waals surface area contributed by atoms with E-state index in [0.29, 0.717) is 12.1 Å². The lowest BCUT2D eigenvalue weighted by Gasteiger charge is -2.18. The maximum atomic E-state index is 12.7. The van der Waals surface area contributed by atoms with Crippen molar-refractivity contribution in [1.29, 1.82) is 0 Å². The topological polar surface area (TPSA) is 36.4 Å². The molecular formula is C13H21FN2O. The SMILES string of the molecule is CCCCN(C)CCC(O)c1ccc(F)cn1. The zero-order valence-corrected chi connectivity index (χ0v) is 10.6. The van der Waals surface area contributed by atoms with Crippen molar-refractivity contribution in [2.24, 2.45) is 0 Å². The molecule has 17 heavy (non-hydrogen) atoms. The van der Waals surface area contributed by atoms with Crippen molar-refractivity contribution in [3.63, 3.8) is 0 Å². The number of hydrogen-bond acceptors (Lipinski definition) is 3. The van der Waals surface area contributed by atoms with Crippen LogP contribution in [0.25, 0.3) is 0 Å². The highest BCUT2D eigenvalue weighted by atomic mass is 19.1. The number of halogens is 1. The number of hydrogen-bond donors (Lipinski definition) is 1. The van der Waals surface area contributed by atoms with Gasteiger partial charge in [-0.15, -0.1) is 0 Å². The van der Waals surface area contributed by atoms with E-state index >= 15 is 0 Å². The Balaban J connectivity index is 2.34. The molecular weight excluding hydrogens is 219 g/mol. The third-order valence-corrected chi connectivity index (χ3v) is 2.77. The lowest BCUT2D eigenvalue weighted by molar-refractivity contribution is 0.144. The highest BCUT2D eigenvalue weighted by Crippen LogP contribution is 2.14. The van der Waals surface area contributed by atoms with Gasteiger partial charge in [0.25, 0.3) is 0 Å². The van der Waals surface area contributed by atoms with Gasteiger partial charge in [0.15, 0.2) is 0 Å². The Morgan fingerprint density at radius 1 is 1.41 bits per heavy atom. The summed E-state index contributed by atoms with van der Waals surface area (Å²) in [4.78, 5) is 6.07. The lowest BCUT2D eigenvalue weighted by Crippen LogP contribution is -2.22. The largest absolute Gasteiger partial charge is 0.387 e. The van der Waals surface area contributed by atoms with Crippen LogP contribution in [0.1, 0.15) is 38.0 Å². The first-order valence-corrected chi connectivity index (χ1v) is 6.11. The number of aliphatic hydroxyl groups is 1. The number of unbranched alkanes of at least 4 members (excludes halogenated alkanes) is 1. The van der Waals surface area contributed by atoms with Gasteiger partial charge < -0.3 is 10.0 Å². The Hall–Kier alpha value is -1.00. The summed E-state index contributed by atoms with van der Waals surface area (Å²) in [5.74, 6) is -0.374. The average Bonchev–Trinajstić information content (AvgIpc) is 2.34. The summed E-state index contributed by atoms with van der Waals surface area (Å²) in [6.45, 7) is 4.02. The first-order valence-electron chi connectivity index (χ1n) is 6.11. The van der Waals surface area contributed by atoms with Crippen LogP contribution in [0.15, 0.2) is 18.3 Å². The maximum absolute atomic E-state index is 12.7. The maximum Gasteiger partial charge on any atom is 0.141 e. The monoisotopic (exact) mass is 240 g/mol. The summed E-state index contributed by atoms with van der Waals surface area (Å²) in [5, 5.41) is 9.87. The summed E-state index contributed by atoms with van der Waals surface area (Å²) in [7, 11) is 2.04. The van der Waals surface area contributed by atoms with Crippen molar-refractivity contribution in [3.05, 3.63) is 29.8 Å². The van der Waals surface area contributed by atoms with Gasteiger partial charge in [0.1, 0.15) is 5.82 Å². The smallest absolute Gasteiger partial charge is 0.141 e. The zero-order valence-electron chi connectivity index (χ0n) is 10.6. The Morgan fingerprint density at radius 2 is 2.18 bits per heavy atom. The Kier molecular flexibility index (Phi) is 6.08. The van der Waals surface area contributed by atoms with Crippen LogP contribution in [0.3, 0.4) is 0 Å². The molecule has 1 unspecified atom stereocenters. The van der Waals surface area contributed by atoms with E-state index in [1.165, 1.54) is 25.0 Å². The summed E-state index contributed by atoms with van der Waals surface area (Å²) in [6.07, 6.45) is 3.49. The number of nitrogens with zero attached hydrogens (tertiary/aromatic N) is 2. The minimum absolute atomic E-state index is 0.374. The first kappa shape index (κ1) is 14.1. The van der Waals surface area contributed by atoms with Crippen molar-refractivity contribution in [1.82, 2.24) is 9.88 Å². The normalized spacial score (nSPS) is 13.0. The highest BCUT2D eigenvalue weighted by molar-refractivity contribution is 5.07. The summed E-state index contributed by atoms with van der Waals surface area (Å²) in [6, 6.07) is 2.86. The third kappa shape index (κ3) is 5.24. The number of rotatable bonds is 7. The Labute approximate surface area is 102 Å². The summed E-state index contributed by atoms with van der Waals surface area (Å²) in [5.41, 5.74) is 0.537. The summed E-state index contributed by atoms with van der Waals surface area (Å²) >= 11 is 0. The molecule has 0 bridgehead atoms. The second-order valence-corrected chi connectivity index (χ2v) is 4.36. The fraction of sp³-hybridized carbons (Fsp3) is 0.615. The standard InChI is InChI=1S/C13H21FN2O/c1-3-4-8-16(2)9-7-13(17)12-6-5-11(14)10-15-12/h5-6,10,13,17H,3-4,7-9H2,1-2H3. The fourth-order valence-electron chi connectivity index (χ4n) is 1.61. The van der Waals surface area contributed by atoms with Crippen molar-refractivity contribution in [2.45, 2.75) is 32.3 Å². The molecule has 1 atom stereocenters. The predicted octanol–water partition coefficient (Wildman–Crippen LogP) is 2.38. The molecule has 0 saturated carbocycles. The molecule has 1 aromatic rings. The minimum Gasteiger partial charge on any atom is -0.387 e. The van der Waals surface area contributed by atoms with Crippen LogP contribution in [-0.4, -0.2) is 35.1 Å². The molecule has 96 valence electrons. The highest BCUT2D eigenvalue weighted by Gasteiger charge is 2.10. The molecule has 0 aliphatic carbocycles. The predicted molar refractivity (Wildman–Crippen MR) is 66.2 cm³/mol. The van der Waals surface area contributed by atoms with Crippen molar-refractivity contribution in [2.75, 3.05) is 20.1 Å². The molecule has 1 rings (SSSR count). The average molecular weight is 240 g/mol. The van der Waals surface area contributed by atoms with Gasteiger partial charge in [-0.2, -0.15) is 0 Å². The van der Waals surface area contributed by atoms with Crippen LogP contribution in [0.5, 0.6) is 0 Å². The molecule has 0 radical (unpaired) electrons. The van der Waals surface area contributed by atoms with Gasteiger partial charge in [-0.25, -0.2) is 4.39 Å². The minimum atomic E-state index is -0.611. The molecule has 0 aliphatic heterocycles. The van der Waals surface area contributed by atoms with Crippen molar-refractivity contribution >= 4 is 0 Å². The number of aromatic nitrogens is 1. The molecule has 3 nitrogen and oxygen atoms in total. The van der Waals surface area contributed by atoms with Gasteiger partial charge in [-0.1, -0.05) is 13.3 Å². The Morgan fingerprint density at radius 3 is 2.76 bits per heavy atom. The van der Waals surface area contributed by atoms with Crippen LogP contribution in [0.2, 0.25) is 0 Å². The molecule has 0 spiro atoms. The zero-order chi connectivity index (χ0) is 12.7. The van der Waals surface area contributed by atoms with Crippen molar-refractivity contribution < 1.29 is 9.50 Å². The van der Waals surface area contributed by atoms with E-state index in [2.05, 4.69) is 16.8 Å². The third-order valence-electron chi connectivity index (χ3n) is 2.77. The second kappa shape index (κ2) is 7.35. The van der Waals surface area contributed by atoms with E-state index in [1.54, 1.807) is 0 Å². The molecule has 0 fully saturated rings. The van der Waals surface area contributed by atoms with E-state index in [-0.39, 0.29) is 5.82 Å². The van der Waals surface area contributed by atoms with Gasteiger partial charge in [0.2, 0.25) is 0 Å². The fourth-order valence-corrected chi connectivity index (χ4v) is 1.61. The molecule has 0 aromatic carbocycles. The molecule has 0 saturated heterocycles. The van der Waals surface area contributed by atoms with Crippen LogP contribution >= 0.6 is 0 Å². The van der Waals surface area contributed by atoms with Gasteiger partial charge in [-0.05, 0) is 38.6 Å².